The Balaban J connectivity index is 1.61. The van der Waals surface area contributed by atoms with Crippen LogP contribution < -0.4 is 0 Å². The number of carbonyl (C=O) groups is 1. The fourth-order valence-corrected chi connectivity index (χ4v) is 3.50. The van der Waals surface area contributed by atoms with Gasteiger partial charge in [-0.25, -0.2) is 9.37 Å². The molecule has 0 N–H and O–H groups in total. The lowest BCUT2D eigenvalue weighted by Gasteiger charge is -2.28. The van der Waals surface area contributed by atoms with Crippen molar-refractivity contribution >= 4 is 29.0 Å². The Morgan fingerprint density at radius 1 is 1.32 bits per heavy atom. The van der Waals surface area contributed by atoms with Crippen LogP contribution in [0.1, 0.15) is 21.7 Å². The van der Waals surface area contributed by atoms with Gasteiger partial charge in [0.25, 0.3) is 5.91 Å². The van der Waals surface area contributed by atoms with Crippen LogP contribution in [0.4, 0.5) is 4.39 Å². The third-order valence-corrected chi connectivity index (χ3v) is 5.29. The topological polar surface area (TPSA) is 76.8 Å². The Labute approximate surface area is 151 Å². The third kappa shape index (κ3) is 2.69. The van der Waals surface area contributed by atoms with Crippen molar-refractivity contribution in [2.75, 3.05) is 6.54 Å². The first-order valence-corrected chi connectivity index (χ1v) is 8.64. The standard InChI is InChI=1S/C15H12ClFN6OS/c1-8-9(2-3-10(17)12(8)16)15(24)22-4-5-23-11(6-22)20-21-13(23)14-18-7-19-25-14/h2-3,7H,4-6H2,1H3. The third-order valence-electron chi connectivity index (χ3n) is 4.16. The number of hydrogen-bond donors (Lipinski definition) is 0. The smallest absolute Gasteiger partial charge is 0.254 e. The minimum Gasteiger partial charge on any atom is -0.329 e. The molecule has 128 valence electrons. The molecule has 1 aromatic carbocycles. The minimum absolute atomic E-state index is 0.0235. The molecule has 3 aromatic rings. The summed E-state index contributed by atoms with van der Waals surface area (Å²) in [5, 5.41) is 9.00. The highest BCUT2D eigenvalue weighted by molar-refractivity contribution is 7.08. The average Bonchev–Trinajstić information content (AvgIpc) is 3.27. The highest BCUT2D eigenvalue weighted by Crippen LogP contribution is 2.26. The molecule has 3 heterocycles. The second kappa shape index (κ2) is 6.16. The van der Waals surface area contributed by atoms with Gasteiger partial charge in [0.1, 0.15) is 12.1 Å². The molecule has 0 aliphatic carbocycles. The van der Waals surface area contributed by atoms with Crippen LogP contribution in [0.3, 0.4) is 0 Å². The van der Waals surface area contributed by atoms with Crippen molar-refractivity contribution in [3.63, 3.8) is 0 Å². The second-order valence-electron chi connectivity index (χ2n) is 5.60. The lowest BCUT2D eigenvalue weighted by atomic mass is 10.1. The molecule has 25 heavy (non-hydrogen) atoms. The summed E-state index contributed by atoms with van der Waals surface area (Å²) in [6.07, 6.45) is 1.47. The first kappa shape index (κ1) is 16.1. The zero-order valence-corrected chi connectivity index (χ0v) is 14.7. The predicted molar refractivity (Wildman–Crippen MR) is 89.8 cm³/mol. The van der Waals surface area contributed by atoms with E-state index in [1.54, 1.807) is 11.8 Å². The van der Waals surface area contributed by atoms with E-state index in [-0.39, 0.29) is 10.9 Å². The lowest BCUT2D eigenvalue weighted by molar-refractivity contribution is 0.0707. The van der Waals surface area contributed by atoms with Gasteiger partial charge in [-0.1, -0.05) is 11.6 Å². The summed E-state index contributed by atoms with van der Waals surface area (Å²) in [5.74, 6) is 0.600. The van der Waals surface area contributed by atoms with Gasteiger partial charge in [0, 0.05) is 18.7 Å². The van der Waals surface area contributed by atoms with Crippen molar-refractivity contribution in [2.45, 2.75) is 20.0 Å². The Kier molecular flexibility index (Phi) is 3.97. The Morgan fingerprint density at radius 2 is 2.16 bits per heavy atom. The van der Waals surface area contributed by atoms with Crippen molar-refractivity contribution in [1.29, 1.82) is 0 Å². The van der Waals surface area contributed by atoms with Crippen molar-refractivity contribution in [3.8, 4) is 10.8 Å². The number of benzene rings is 1. The Bertz CT molecular complexity index is 957. The highest BCUT2D eigenvalue weighted by Gasteiger charge is 2.27. The lowest BCUT2D eigenvalue weighted by Crippen LogP contribution is -2.38. The quantitative estimate of drug-likeness (QED) is 0.685. The molecule has 1 aliphatic rings. The van der Waals surface area contributed by atoms with Gasteiger partial charge in [0.15, 0.2) is 16.7 Å². The van der Waals surface area contributed by atoms with E-state index in [2.05, 4.69) is 19.6 Å². The van der Waals surface area contributed by atoms with E-state index in [1.807, 2.05) is 4.57 Å². The van der Waals surface area contributed by atoms with Gasteiger partial charge in [-0.2, -0.15) is 4.37 Å². The van der Waals surface area contributed by atoms with Crippen LogP contribution in [0.5, 0.6) is 0 Å². The van der Waals surface area contributed by atoms with E-state index in [1.165, 1.54) is 30.0 Å². The SMILES string of the molecule is Cc1c(C(=O)N2CCn3c(nnc3-c3ncns3)C2)ccc(F)c1Cl. The molecule has 4 rings (SSSR count). The van der Waals surface area contributed by atoms with Crippen LogP contribution in [0.15, 0.2) is 18.5 Å². The molecule has 0 atom stereocenters. The number of carbonyl (C=O) groups excluding carboxylic acids is 1. The summed E-state index contributed by atoms with van der Waals surface area (Å²) < 4.78 is 19.4. The highest BCUT2D eigenvalue weighted by atomic mass is 35.5. The Morgan fingerprint density at radius 3 is 2.92 bits per heavy atom. The maximum Gasteiger partial charge on any atom is 0.254 e. The second-order valence-corrected chi connectivity index (χ2v) is 6.76. The van der Waals surface area contributed by atoms with Crippen LogP contribution in [0, 0.1) is 12.7 Å². The van der Waals surface area contributed by atoms with Gasteiger partial charge >= 0.3 is 0 Å². The normalized spacial score (nSPS) is 13.8. The van der Waals surface area contributed by atoms with E-state index < -0.39 is 5.82 Å². The number of amides is 1. The van der Waals surface area contributed by atoms with E-state index in [4.69, 9.17) is 11.6 Å². The summed E-state index contributed by atoms with van der Waals surface area (Å²) in [5.41, 5.74) is 0.831. The number of aromatic nitrogens is 5. The summed E-state index contributed by atoms with van der Waals surface area (Å²) in [7, 11) is 0. The summed E-state index contributed by atoms with van der Waals surface area (Å²) in [4.78, 5) is 18.6. The van der Waals surface area contributed by atoms with Crippen molar-refractivity contribution < 1.29 is 9.18 Å². The van der Waals surface area contributed by atoms with Crippen molar-refractivity contribution in [3.05, 3.63) is 46.3 Å². The number of nitrogens with zero attached hydrogens (tertiary/aromatic N) is 6. The molecule has 2 aromatic heterocycles. The zero-order chi connectivity index (χ0) is 17.6. The van der Waals surface area contributed by atoms with E-state index in [0.717, 1.165) is 0 Å². The molecular weight excluding hydrogens is 367 g/mol. The molecule has 1 amide bonds. The molecule has 10 heteroatoms. The van der Waals surface area contributed by atoms with Crippen LogP contribution in [-0.2, 0) is 13.1 Å². The average molecular weight is 379 g/mol. The fourth-order valence-electron chi connectivity index (χ4n) is 2.81. The van der Waals surface area contributed by atoms with Gasteiger partial charge < -0.3 is 9.47 Å². The van der Waals surface area contributed by atoms with Crippen molar-refractivity contribution in [2.24, 2.45) is 0 Å². The molecule has 0 spiro atoms. The van der Waals surface area contributed by atoms with Gasteiger partial charge in [-0.05, 0) is 36.2 Å². The monoisotopic (exact) mass is 378 g/mol. The minimum atomic E-state index is -0.532. The van der Waals surface area contributed by atoms with Crippen LogP contribution in [-0.4, -0.2) is 41.5 Å². The first-order chi connectivity index (χ1) is 12.1. The molecule has 0 radical (unpaired) electrons. The summed E-state index contributed by atoms with van der Waals surface area (Å²) >= 11 is 7.17. The van der Waals surface area contributed by atoms with Crippen LogP contribution in [0.25, 0.3) is 10.8 Å². The van der Waals surface area contributed by atoms with E-state index >= 15 is 0 Å². The van der Waals surface area contributed by atoms with Crippen LogP contribution >= 0.6 is 23.1 Å². The predicted octanol–water partition coefficient (Wildman–Crippen LogP) is 2.55. The maximum absolute atomic E-state index is 13.5. The zero-order valence-electron chi connectivity index (χ0n) is 13.1. The largest absolute Gasteiger partial charge is 0.329 e. The molecule has 0 saturated heterocycles. The number of fused-ring (bicyclic) bond motifs is 1. The van der Waals surface area contributed by atoms with Gasteiger partial charge in [-0.15, -0.1) is 10.2 Å². The van der Waals surface area contributed by atoms with Gasteiger partial charge in [-0.3, -0.25) is 4.79 Å². The molecule has 0 unspecified atom stereocenters. The summed E-state index contributed by atoms with van der Waals surface area (Å²) in [6, 6.07) is 2.67. The molecule has 0 fully saturated rings. The van der Waals surface area contributed by atoms with Gasteiger partial charge in [0.05, 0.1) is 11.6 Å². The van der Waals surface area contributed by atoms with E-state index in [9.17, 15) is 9.18 Å². The van der Waals surface area contributed by atoms with E-state index in [0.29, 0.717) is 47.4 Å². The first-order valence-electron chi connectivity index (χ1n) is 7.49. The number of halogens is 2. The molecular formula is C15H12ClFN6OS. The number of hydrogen-bond acceptors (Lipinski definition) is 6. The molecule has 1 aliphatic heterocycles. The number of rotatable bonds is 2. The van der Waals surface area contributed by atoms with Crippen molar-refractivity contribution in [1.82, 2.24) is 29.0 Å². The van der Waals surface area contributed by atoms with Crippen LogP contribution in [0.2, 0.25) is 5.02 Å². The maximum atomic E-state index is 13.5. The molecule has 0 bridgehead atoms. The van der Waals surface area contributed by atoms with Gasteiger partial charge in [0.2, 0.25) is 0 Å². The summed E-state index contributed by atoms with van der Waals surface area (Å²) in [6.45, 7) is 3.00. The molecule has 0 saturated carbocycles. The fraction of sp³-hybridized carbons (Fsp3) is 0.267. The molecule has 7 nitrogen and oxygen atoms in total. The Hall–Kier alpha value is -2.39.